The third-order valence-corrected chi connectivity index (χ3v) is 3.51. The van der Waals surface area contributed by atoms with Gasteiger partial charge in [-0.25, -0.2) is 0 Å². The summed E-state index contributed by atoms with van der Waals surface area (Å²) in [5.41, 5.74) is 5.86. The summed E-state index contributed by atoms with van der Waals surface area (Å²) in [6.45, 7) is 2.50. The zero-order chi connectivity index (χ0) is 11.4. The standard InChI is InChI=1S/C12H22N2O2/c13-10-3-1-7-14(9-10)12(15)6-5-11-4-2-8-16-11/h10-11H,1-9,13H2. The Balaban J connectivity index is 1.70. The third-order valence-electron chi connectivity index (χ3n) is 3.51. The van der Waals surface area contributed by atoms with Crippen LogP contribution >= 0.6 is 0 Å². The Labute approximate surface area is 97.1 Å². The molecule has 0 spiro atoms. The summed E-state index contributed by atoms with van der Waals surface area (Å²) < 4.78 is 5.52. The van der Waals surface area contributed by atoms with Gasteiger partial charge in [0.05, 0.1) is 6.10 Å². The Hall–Kier alpha value is -0.610. The van der Waals surface area contributed by atoms with Gasteiger partial charge >= 0.3 is 0 Å². The SMILES string of the molecule is NC1CCCN(C(=O)CCC2CCCO2)C1. The quantitative estimate of drug-likeness (QED) is 0.777. The topological polar surface area (TPSA) is 55.6 Å². The van der Waals surface area contributed by atoms with Gasteiger partial charge < -0.3 is 15.4 Å². The number of nitrogens with zero attached hydrogens (tertiary/aromatic N) is 1. The second-order valence-electron chi connectivity index (χ2n) is 4.92. The molecule has 2 atom stereocenters. The lowest BCUT2D eigenvalue weighted by atomic mass is 10.1. The largest absolute Gasteiger partial charge is 0.378 e. The van der Waals surface area contributed by atoms with Crippen molar-refractivity contribution in [3.8, 4) is 0 Å². The van der Waals surface area contributed by atoms with Crippen LogP contribution in [-0.4, -0.2) is 42.6 Å². The van der Waals surface area contributed by atoms with Gasteiger partial charge in [0, 0.05) is 32.2 Å². The van der Waals surface area contributed by atoms with E-state index in [-0.39, 0.29) is 11.9 Å². The van der Waals surface area contributed by atoms with Crippen molar-refractivity contribution >= 4 is 5.91 Å². The highest BCUT2D eigenvalue weighted by Crippen LogP contribution is 2.18. The minimum atomic E-state index is 0.181. The number of rotatable bonds is 3. The lowest BCUT2D eigenvalue weighted by Gasteiger charge is -2.31. The monoisotopic (exact) mass is 226 g/mol. The van der Waals surface area contributed by atoms with Crippen molar-refractivity contribution in [2.75, 3.05) is 19.7 Å². The smallest absolute Gasteiger partial charge is 0.222 e. The molecular formula is C12H22N2O2. The zero-order valence-electron chi connectivity index (χ0n) is 9.86. The molecule has 16 heavy (non-hydrogen) atoms. The van der Waals surface area contributed by atoms with Crippen molar-refractivity contribution in [2.24, 2.45) is 5.73 Å². The number of hydrogen-bond donors (Lipinski definition) is 1. The van der Waals surface area contributed by atoms with Crippen molar-refractivity contribution in [2.45, 2.75) is 50.7 Å². The summed E-state index contributed by atoms with van der Waals surface area (Å²) in [4.78, 5) is 13.8. The molecule has 2 aliphatic heterocycles. The maximum atomic E-state index is 11.9. The maximum absolute atomic E-state index is 11.9. The summed E-state index contributed by atoms with van der Waals surface area (Å²) in [6, 6.07) is 0.181. The van der Waals surface area contributed by atoms with Gasteiger partial charge in [-0.3, -0.25) is 4.79 Å². The molecule has 1 amide bonds. The van der Waals surface area contributed by atoms with Crippen LogP contribution in [0.4, 0.5) is 0 Å². The molecule has 0 bridgehead atoms. The lowest BCUT2D eigenvalue weighted by molar-refractivity contribution is -0.133. The summed E-state index contributed by atoms with van der Waals surface area (Å²) >= 11 is 0. The van der Waals surface area contributed by atoms with Crippen molar-refractivity contribution in [3.05, 3.63) is 0 Å². The molecule has 0 aromatic heterocycles. The first-order valence-electron chi connectivity index (χ1n) is 6.40. The molecular weight excluding hydrogens is 204 g/mol. The van der Waals surface area contributed by atoms with Gasteiger partial charge in [-0.05, 0) is 32.1 Å². The van der Waals surface area contributed by atoms with Crippen LogP contribution in [-0.2, 0) is 9.53 Å². The third kappa shape index (κ3) is 3.19. The molecule has 2 heterocycles. The summed E-state index contributed by atoms with van der Waals surface area (Å²) in [5, 5.41) is 0. The van der Waals surface area contributed by atoms with Gasteiger partial charge in [0.2, 0.25) is 5.91 Å². The van der Waals surface area contributed by atoms with Gasteiger partial charge in [-0.1, -0.05) is 0 Å². The molecule has 2 saturated heterocycles. The second kappa shape index (κ2) is 5.64. The summed E-state index contributed by atoms with van der Waals surface area (Å²) in [7, 11) is 0. The van der Waals surface area contributed by atoms with E-state index in [9.17, 15) is 4.79 Å². The summed E-state index contributed by atoms with van der Waals surface area (Å²) in [6.07, 6.45) is 6.19. The van der Waals surface area contributed by atoms with E-state index in [1.807, 2.05) is 4.90 Å². The van der Waals surface area contributed by atoms with E-state index < -0.39 is 0 Å². The highest BCUT2D eigenvalue weighted by atomic mass is 16.5. The van der Waals surface area contributed by atoms with Gasteiger partial charge in [0.1, 0.15) is 0 Å². The fraction of sp³-hybridized carbons (Fsp3) is 0.917. The zero-order valence-corrected chi connectivity index (χ0v) is 9.86. The van der Waals surface area contributed by atoms with E-state index in [4.69, 9.17) is 10.5 Å². The number of likely N-dealkylation sites (tertiary alicyclic amines) is 1. The molecule has 2 N–H and O–H groups in total. The van der Waals surface area contributed by atoms with Crippen molar-refractivity contribution in [1.29, 1.82) is 0 Å². The van der Waals surface area contributed by atoms with Gasteiger partial charge in [-0.15, -0.1) is 0 Å². The van der Waals surface area contributed by atoms with E-state index in [1.54, 1.807) is 0 Å². The van der Waals surface area contributed by atoms with Crippen molar-refractivity contribution in [3.63, 3.8) is 0 Å². The van der Waals surface area contributed by atoms with Crippen LogP contribution < -0.4 is 5.73 Å². The fourth-order valence-electron chi connectivity index (χ4n) is 2.55. The normalized spacial score (nSPS) is 30.7. The molecule has 4 heteroatoms. The number of carbonyl (C=O) groups is 1. The molecule has 0 aromatic rings. The number of ether oxygens (including phenoxy) is 1. The predicted octanol–water partition coefficient (Wildman–Crippen LogP) is 0.895. The van der Waals surface area contributed by atoms with Gasteiger partial charge in [0.25, 0.3) is 0 Å². The molecule has 0 aliphatic carbocycles. The first kappa shape index (κ1) is 11.9. The Kier molecular flexibility index (Phi) is 4.18. The minimum absolute atomic E-state index is 0.181. The maximum Gasteiger partial charge on any atom is 0.222 e. The number of nitrogens with two attached hydrogens (primary N) is 1. The molecule has 0 saturated carbocycles. The first-order valence-corrected chi connectivity index (χ1v) is 6.40. The molecule has 0 radical (unpaired) electrons. The molecule has 0 aromatic carbocycles. The van der Waals surface area contributed by atoms with Crippen LogP contribution in [0.15, 0.2) is 0 Å². The molecule has 4 nitrogen and oxygen atoms in total. The Morgan fingerprint density at radius 2 is 2.25 bits per heavy atom. The molecule has 92 valence electrons. The lowest BCUT2D eigenvalue weighted by Crippen LogP contribution is -2.45. The van der Waals surface area contributed by atoms with E-state index in [0.29, 0.717) is 12.5 Å². The van der Waals surface area contributed by atoms with Crippen LogP contribution in [0.2, 0.25) is 0 Å². The summed E-state index contributed by atoms with van der Waals surface area (Å²) in [5.74, 6) is 0.255. The average molecular weight is 226 g/mol. The van der Waals surface area contributed by atoms with Crippen molar-refractivity contribution < 1.29 is 9.53 Å². The first-order chi connectivity index (χ1) is 7.75. The Bertz CT molecular complexity index is 239. The highest BCUT2D eigenvalue weighted by Gasteiger charge is 2.23. The predicted molar refractivity (Wildman–Crippen MR) is 62.0 cm³/mol. The number of amides is 1. The van der Waals surface area contributed by atoms with Crippen LogP contribution in [0, 0.1) is 0 Å². The van der Waals surface area contributed by atoms with E-state index in [1.165, 1.54) is 0 Å². The highest BCUT2D eigenvalue weighted by molar-refractivity contribution is 5.76. The minimum Gasteiger partial charge on any atom is -0.378 e. The number of carbonyl (C=O) groups excluding carboxylic acids is 1. The Morgan fingerprint density at radius 3 is 2.94 bits per heavy atom. The molecule has 2 rings (SSSR count). The van der Waals surface area contributed by atoms with E-state index in [2.05, 4.69) is 0 Å². The number of piperidine rings is 1. The van der Waals surface area contributed by atoms with Crippen LogP contribution in [0.1, 0.15) is 38.5 Å². The van der Waals surface area contributed by atoms with E-state index in [0.717, 1.165) is 51.8 Å². The second-order valence-corrected chi connectivity index (χ2v) is 4.92. The van der Waals surface area contributed by atoms with Crippen molar-refractivity contribution in [1.82, 2.24) is 4.90 Å². The van der Waals surface area contributed by atoms with Gasteiger partial charge in [0.15, 0.2) is 0 Å². The van der Waals surface area contributed by atoms with E-state index >= 15 is 0 Å². The van der Waals surface area contributed by atoms with Gasteiger partial charge in [-0.2, -0.15) is 0 Å². The molecule has 2 fully saturated rings. The molecule has 2 aliphatic rings. The number of hydrogen-bond acceptors (Lipinski definition) is 3. The fourth-order valence-corrected chi connectivity index (χ4v) is 2.55. The Morgan fingerprint density at radius 1 is 1.38 bits per heavy atom. The van der Waals surface area contributed by atoms with Crippen LogP contribution in [0.25, 0.3) is 0 Å². The molecule has 2 unspecified atom stereocenters. The van der Waals surface area contributed by atoms with Crippen LogP contribution in [0.5, 0.6) is 0 Å². The van der Waals surface area contributed by atoms with Crippen LogP contribution in [0.3, 0.4) is 0 Å². The average Bonchev–Trinajstić information content (AvgIpc) is 2.78.